The number of benzene rings is 7. The highest BCUT2D eigenvalue weighted by molar-refractivity contribution is 5.94. The summed E-state index contributed by atoms with van der Waals surface area (Å²) in [6.45, 7) is 0. The van der Waals surface area contributed by atoms with Gasteiger partial charge in [-0.15, -0.1) is 0 Å². The highest BCUT2D eigenvalue weighted by Crippen LogP contribution is 2.70. The summed E-state index contributed by atoms with van der Waals surface area (Å²) in [5.41, 5.74) is 20.5. The van der Waals surface area contributed by atoms with Crippen molar-refractivity contribution in [3.63, 3.8) is 0 Å². The Hall–Kier alpha value is -6.82. The van der Waals surface area contributed by atoms with Crippen molar-refractivity contribution in [2.75, 3.05) is 0 Å². The van der Waals surface area contributed by atoms with Gasteiger partial charge in [0.25, 0.3) is 0 Å². The molecule has 8 aromatic rings. The third kappa shape index (κ3) is 5.56. The Morgan fingerprint density at radius 1 is 0.400 bits per heavy atom. The normalized spacial score (nSPS) is 21.7. The molecule has 2 nitrogen and oxygen atoms in total. The lowest BCUT2D eigenvalue weighted by atomic mass is 9.43. The summed E-state index contributed by atoms with van der Waals surface area (Å²) in [6, 6.07) is 68.7. The maximum atomic E-state index is 9.60. The number of nitrogens with zero attached hydrogens (tertiary/aromatic N) is 2. The van der Waals surface area contributed by atoms with Gasteiger partial charge in [0.1, 0.15) is 0 Å². The van der Waals surface area contributed by atoms with Crippen molar-refractivity contribution in [2.45, 2.75) is 37.5 Å². The van der Waals surface area contributed by atoms with Crippen molar-refractivity contribution in [3.05, 3.63) is 199 Å². The summed E-state index contributed by atoms with van der Waals surface area (Å²) < 4.78 is 0. The molecule has 4 saturated carbocycles. The van der Waals surface area contributed by atoms with Crippen molar-refractivity contribution in [3.8, 4) is 84.2 Å². The lowest BCUT2D eigenvalue weighted by molar-refractivity contribution is -0.0399. The third-order valence-electron chi connectivity index (χ3n) is 14.7. The molecular weight excluding hydrogens is 725 g/mol. The van der Waals surface area contributed by atoms with Crippen LogP contribution in [0.15, 0.2) is 182 Å². The monoisotopic (exact) mass is 768 g/mol. The molecule has 0 saturated heterocycles. The van der Waals surface area contributed by atoms with Crippen LogP contribution in [0.4, 0.5) is 0 Å². The van der Waals surface area contributed by atoms with Crippen LogP contribution in [0.3, 0.4) is 0 Å². The Kier molecular flexibility index (Phi) is 8.14. The van der Waals surface area contributed by atoms with Crippen molar-refractivity contribution in [1.82, 2.24) is 4.98 Å². The standard InChI is InChI=1S/C58H44N2/c59-36-37-14-16-44(17-15-37)51-12-7-13-53-57(51)52-27-26-47(33-54(52)58(53)49-29-38-28-39(31-49)32-50(58)30-38)48-34-55(45-22-18-42(19-23-45)40-8-3-1-4-9-40)60-56(35-48)46-24-20-43(21-25-46)41-10-5-2-6-11-41/h1-27,33-35,38-39,49-50H,28-32H2. The molecular formula is C58H44N2. The minimum absolute atomic E-state index is 0.00985. The van der Waals surface area contributed by atoms with E-state index in [9.17, 15) is 5.26 Å². The van der Waals surface area contributed by atoms with E-state index in [2.05, 4.69) is 176 Å². The molecule has 1 heterocycles. The van der Waals surface area contributed by atoms with Gasteiger partial charge in [0.05, 0.1) is 23.0 Å². The number of hydrogen-bond donors (Lipinski definition) is 0. The van der Waals surface area contributed by atoms with Gasteiger partial charge in [0, 0.05) is 16.5 Å². The molecule has 0 N–H and O–H groups in total. The molecule has 4 bridgehead atoms. The van der Waals surface area contributed by atoms with Crippen molar-refractivity contribution >= 4 is 0 Å². The molecule has 2 heteroatoms. The molecule has 5 aliphatic carbocycles. The predicted molar refractivity (Wildman–Crippen MR) is 245 cm³/mol. The highest BCUT2D eigenvalue weighted by atomic mass is 14.7. The summed E-state index contributed by atoms with van der Waals surface area (Å²) in [4.78, 5) is 5.39. The Morgan fingerprint density at radius 2 is 0.900 bits per heavy atom. The number of aromatic nitrogens is 1. The average Bonchev–Trinajstić information content (AvgIpc) is 3.61. The predicted octanol–water partition coefficient (Wildman–Crippen LogP) is 14.7. The lowest BCUT2D eigenvalue weighted by Gasteiger charge is -2.61. The molecule has 13 rings (SSSR count). The molecule has 1 spiro atoms. The van der Waals surface area contributed by atoms with Gasteiger partial charge in [-0.3, -0.25) is 0 Å². The fourth-order valence-electron chi connectivity index (χ4n) is 12.3. The molecule has 7 aromatic carbocycles. The van der Waals surface area contributed by atoms with Gasteiger partial charge in [-0.2, -0.15) is 5.26 Å². The van der Waals surface area contributed by atoms with E-state index in [0.717, 1.165) is 34.4 Å². The van der Waals surface area contributed by atoms with Crippen LogP contribution in [0.5, 0.6) is 0 Å². The Morgan fingerprint density at radius 3 is 1.45 bits per heavy atom. The third-order valence-corrected chi connectivity index (χ3v) is 14.7. The van der Waals surface area contributed by atoms with Crippen LogP contribution in [-0.2, 0) is 5.41 Å². The molecule has 0 amide bonds. The van der Waals surface area contributed by atoms with Crippen LogP contribution in [0.1, 0.15) is 48.8 Å². The Labute approximate surface area is 352 Å². The molecule has 0 aliphatic heterocycles. The van der Waals surface area contributed by atoms with E-state index in [0.29, 0.717) is 17.4 Å². The van der Waals surface area contributed by atoms with Gasteiger partial charge in [0.2, 0.25) is 0 Å². The minimum Gasteiger partial charge on any atom is -0.248 e. The number of pyridine rings is 1. The zero-order valence-corrected chi connectivity index (χ0v) is 33.6. The zero-order chi connectivity index (χ0) is 39.8. The zero-order valence-electron chi connectivity index (χ0n) is 33.6. The van der Waals surface area contributed by atoms with E-state index in [4.69, 9.17) is 4.98 Å². The van der Waals surface area contributed by atoms with Gasteiger partial charge in [-0.05, 0) is 153 Å². The number of fused-ring (bicyclic) bond motifs is 3. The van der Waals surface area contributed by atoms with Crippen LogP contribution < -0.4 is 0 Å². The van der Waals surface area contributed by atoms with Crippen LogP contribution in [0.2, 0.25) is 0 Å². The van der Waals surface area contributed by atoms with Gasteiger partial charge >= 0.3 is 0 Å². The largest absolute Gasteiger partial charge is 0.248 e. The summed E-state index contributed by atoms with van der Waals surface area (Å²) in [5.74, 6) is 3.02. The summed E-state index contributed by atoms with van der Waals surface area (Å²) in [7, 11) is 0. The van der Waals surface area contributed by atoms with E-state index < -0.39 is 0 Å². The van der Waals surface area contributed by atoms with E-state index in [1.54, 1.807) is 5.56 Å². The van der Waals surface area contributed by atoms with E-state index in [1.165, 1.54) is 93.3 Å². The topological polar surface area (TPSA) is 36.7 Å². The van der Waals surface area contributed by atoms with Gasteiger partial charge in [-0.1, -0.05) is 152 Å². The molecule has 286 valence electrons. The van der Waals surface area contributed by atoms with E-state index in [-0.39, 0.29) is 5.41 Å². The van der Waals surface area contributed by atoms with Crippen LogP contribution >= 0.6 is 0 Å². The average molecular weight is 769 g/mol. The maximum Gasteiger partial charge on any atom is 0.0991 e. The van der Waals surface area contributed by atoms with E-state index in [1.807, 2.05) is 12.1 Å². The first-order chi connectivity index (χ1) is 29.6. The lowest BCUT2D eigenvalue weighted by Crippen LogP contribution is -2.55. The summed E-state index contributed by atoms with van der Waals surface area (Å²) in [5, 5.41) is 9.60. The van der Waals surface area contributed by atoms with Crippen LogP contribution in [0, 0.1) is 35.0 Å². The summed E-state index contributed by atoms with van der Waals surface area (Å²) >= 11 is 0. The molecule has 1 aromatic heterocycles. The van der Waals surface area contributed by atoms with E-state index >= 15 is 0 Å². The molecule has 0 radical (unpaired) electrons. The quantitative estimate of drug-likeness (QED) is 0.169. The second-order valence-electron chi connectivity index (χ2n) is 17.9. The molecule has 0 atom stereocenters. The number of nitriles is 1. The molecule has 4 fully saturated rings. The molecule has 60 heavy (non-hydrogen) atoms. The van der Waals surface area contributed by atoms with Crippen LogP contribution in [-0.4, -0.2) is 4.98 Å². The second kappa shape index (κ2) is 13.9. The molecule has 0 unspecified atom stereocenters. The first-order valence-electron chi connectivity index (χ1n) is 21.8. The van der Waals surface area contributed by atoms with Crippen LogP contribution in [0.25, 0.3) is 78.1 Å². The van der Waals surface area contributed by atoms with Gasteiger partial charge in [0.15, 0.2) is 0 Å². The van der Waals surface area contributed by atoms with Crippen molar-refractivity contribution < 1.29 is 0 Å². The van der Waals surface area contributed by atoms with Gasteiger partial charge in [-0.25, -0.2) is 4.98 Å². The fraction of sp³-hybridized carbons (Fsp3) is 0.172. The van der Waals surface area contributed by atoms with Crippen molar-refractivity contribution in [1.29, 1.82) is 5.26 Å². The first kappa shape index (κ1) is 35.2. The van der Waals surface area contributed by atoms with Crippen molar-refractivity contribution in [2.24, 2.45) is 23.7 Å². The highest BCUT2D eigenvalue weighted by Gasteiger charge is 2.61. The Bertz CT molecular complexity index is 2830. The second-order valence-corrected chi connectivity index (χ2v) is 17.9. The number of rotatable bonds is 6. The Balaban J connectivity index is 1.03. The smallest absolute Gasteiger partial charge is 0.0991 e. The molecule has 5 aliphatic rings. The SMILES string of the molecule is N#Cc1ccc(-c2cccc3c2-c2ccc(-c4cc(-c5ccc(-c6ccccc6)cc5)nc(-c5ccc(-c6ccccc6)cc5)c4)cc2C32C3CC4CC(C3)CC2C4)cc1. The number of hydrogen-bond acceptors (Lipinski definition) is 2. The summed E-state index contributed by atoms with van der Waals surface area (Å²) in [6.07, 6.45) is 6.75. The minimum atomic E-state index is 0.00985. The first-order valence-corrected chi connectivity index (χ1v) is 21.8. The van der Waals surface area contributed by atoms with Gasteiger partial charge < -0.3 is 0 Å². The maximum absolute atomic E-state index is 9.60. The fourth-order valence-corrected chi connectivity index (χ4v) is 12.3.